The van der Waals surface area contributed by atoms with Crippen LogP contribution in [-0.4, -0.2) is 68.0 Å². The predicted molar refractivity (Wildman–Crippen MR) is 96.4 cm³/mol. The lowest BCUT2D eigenvalue weighted by molar-refractivity contribution is -0.0426. The maximum atomic E-state index is 12.2. The summed E-state index contributed by atoms with van der Waals surface area (Å²) in [6.45, 7) is 1.06. The highest BCUT2D eigenvalue weighted by atomic mass is 32.1. The Morgan fingerprint density at radius 1 is 1.27 bits per heavy atom. The van der Waals surface area contributed by atoms with Gasteiger partial charge >= 0.3 is 12.2 Å². The number of nitrogens with one attached hydrogen (secondary N) is 1. The first-order valence-electron chi connectivity index (χ1n) is 8.08. The Kier molecular flexibility index (Phi) is 5.86. The summed E-state index contributed by atoms with van der Waals surface area (Å²) in [5.41, 5.74) is 2.62. The van der Waals surface area contributed by atoms with Gasteiger partial charge in [-0.25, -0.2) is 9.59 Å². The zero-order chi connectivity index (χ0) is 18.5. The number of rotatable bonds is 8. The molecule has 2 aliphatic rings. The van der Waals surface area contributed by atoms with Crippen molar-refractivity contribution in [2.24, 2.45) is 0 Å². The van der Waals surface area contributed by atoms with Crippen molar-refractivity contribution in [1.82, 2.24) is 5.32 Å². The maximum Gasteiger partial charge on any atom is 0.414 e. The van der Waals surface area contributed by atoms with Crippen LogP contribution in [-0.2, 0) is 14.2 Å². The van der Waals surface area contributed by atoms with Crippen LogP contribution in [0.4, 0.5) is 21.0 Å². The Morgan fingerprint density at radius 3 is 2.54 bits per heavy atom. The van der Waals surface area contributed by atoms with Crippen LogP contribution in [0.15, 0.2) is 24.3 Å². The first-order chi connectivity index (χ1) is 12.6. The molecule has 2 N–H and O–H groups in total. The molecule has 26 heavy (non-hydrogen) atoms. The third-order valence-electron chi connectivity index (χ3n) is 4.03. The van der Waals surface area contributed by atoms with Gasteiger partial charge in [-0.3, -0.25) is 9.80 Å². The third-order valence-corrected chi connectivity index (χ3v) is 4.16. The molecule has 1 aromatic carbocycles. The molecule has 1 aromatic rings. The zero-order valence-corrected chi connectivity index (χ0v) is 14.7. The zero-order valence-electron chi connectivity index (χ0n) is 13.9. The van der Waals surface area contributed by atoms with E-state index in [2.05, 4.69) is 5.32 Å². The molecule has 0 aliphatic carbocycles. The molecule has 3 rings (SSSR count). The van der Waals surface area contributed by atoms with Crippen molar-refractivity contribution in [1.29, 1.82) is 0 Å². The second kappa shape index (κ2) is 8.30. The first kappa shape index (κ1) is 18.4. The molecule has 2 fully saturated rings. The highest BCUT2D eigenvalue weighted by Gasteiger charge is 2.38. The van der Waals surface area contributed by atoms with E-state index in [1.54, 1.807) is 24.3 Å². The lowest BCUT2D eigenvalue weighted by Crippen LogP contribution is -2.43. The Hall–Kier alpha value is -2.43. The lowest BCUT2D eigenvalue weighted by Gasteiger charge is -2.22. The number of cyclic esters (lactones) is 2. The van der Waals surface area contributed by atoms with Crippen molar-refractivity contribution in [3.63, 3.8) is 0 Å². The molecule has 0 radical (unpaired) electrons. The molecule has 1 unspecified atom stereocenters. The van der Waals surface area contributed by atoms with E-state index in [0.29, 0.717) is 24.5 Å². The van der Waals surface area contributed by atoms with E-state index in [9.17, 15) is 9.59 Å². The molecular weight excluding hydrogens is 362 g/mol. The van der Waals surface area contributed by atoms with Crippen LogP contribution in [0, 0.1) is 0 Å². The van der Waals surface area contributed by atoms with Gasteiger partial charge in [0, 0.05) is 11.4 Å². The van der Waals surface area contributed by atoms with Crippen molar-refractivity contribution >= 4 is 41.3 Å². The number of anilines is 2. The number of hydrogen-bond donors (Lipinski definition) is 2. The van der Waals surface area contributed by atoms with Crippen LogP contribution in [0.1, 0.15) is 0 Å². The molecule has 0 bridgehead atoms. The smallest absolute Gasteiger partial charge is 0.414 e. The SMILES string of the molecule is O=C1OCCN1c1ccc(N2C[C@@H](C(NC=S)OCCO)OC2=O)cc1. The fourth-order valence-electron chi connectivity index (χ4n) is 2.80. The van der Waals surface area contributed by atoms with Gasteiger partial charge in [-0.2, -0.15) is 0 Å². The summed E-state index contributed by atoms with van der Waals surface area (Å²) < 4.78 is 15.7. The Balaban J connectivity index is 1.68. The Labute approximate surface area is 155 Å². The van der Waals surface area contributed by atoms with Crippen molar-refractivity contribution in [2.45, 2.75) is 12.3 Å². The number of carbonyl (C=O) groups excluding carboxylic acids is 2. The van der Waals surface area contributed by atoms with Gasteiger partial charge in [-0.05, 0) is 24.3 Å². The third kappa shape index (κ3) is 3.87. The van der Waals surface area contributed by atoms with Gasteiger partial charge in [0.05, 0.1) is 31.8 Å². The highest BCUT2D eigenvalue weighted by Crippen LogP contribution is 2.27. The van der Waals surface area contributed by atoms with Gasteiger partial charge in [0.2, 0.25) is 0 Å². The number of aliphatic hydroxyl groups is 1. The summed E-state index contributed by atoms with van der Waals surface area (Å²) in [6, 6.07) is 6.97. The summed E-state index contributed by atoms with van der Waals surface area (Å²) in [5, 5.41) is 11.7. The lowest BCUT2D eigenvalue weighted by atomic mass is 10.2. The minimum atomic E-state index is -0.646. The Morgan fingerprint density at radius 2 is 1.96 bits per heavy atom. The molecule has 2 amide bonds. The summed E-state index contributed by atoms with van der Waals surface area (Å²) in [7, 11) is 0. The van der Waals surface area contributed by atoms with Gasteiger partial charge in [0.25, 0.3) is 0 Å². The van der Waals surface area contributed by atoms with E-state index in [4.69, 9.17) is 31.5 Å². The molecule has 140 valence electrons. The summed E-state index contributed by atoms with van der Waals surface area (Å²) in [4.78, 5) is 26.8. The van der Waals surface area contributed by atoms with Gasteiger partial charge in [0.1, 0.15) is 6.61 Å². The van der Waals surface area contributed by atoms with Crippen LogP contribution in [0.3, 0.4) is 0 Å². The largest absolute Gasteiger partial charge is 0.447 e. The quantitative estimate of drug-likeness (QED) is 0.505. The predicted octanol–water partition coefficient (Wildman–Crippen LogP) is 0.850. The van der Waals surface area contributed by atoms with Crippen LogP contribution >= 0.6 is 12.2 Å². The highest BCUT2D eigenvalue weighted by molar-refractivity contribution is 7.78. The minimum absolute atomic E-state index is 0.0928. The molecule has 2 aliphatic heterocycles. The molecule has 2 heterocycles. The number of aliphatic hydroxyl groups excluding tert-OH is 1. The molecule has 2 atom stereocenters. The number of amides is 2. The van der Waals surface area contributed by atoms with Crippen molar-refractivity contribution < 1.29 is 28.9 Å². The van der Waals surface area contributed by atoms with Gasteiger partial charge in [-0.1, -0.05) is 12.2 Å². The monoisotopic (exact) mass is 381 g/mol. The van der Waals surface area contributed by atoms with Gasteiger partial charge in [-0.15, -0.1) is 0 Å². The average molecular weight is 381 g/mol. The molecule has 0 aromatic heterocycles. The molecule has 0 saturated carbocycles. The average Bonchev–Trinajstić information content (AvgIpc) is 3.24. The van der Waals surface area contributed by atoms with Crippen molar-refractivity contribution in [2.75, 3.05) is 42.7 Å². The Bertz CT molecular complexity index is 670. The van der Waals surface area contributed by atoms with E-state index >= 15 is 0 Å². The number of benzene rings is 1. The minimum Gasteiger partial charge on any atom is -0.447 e. The fraction of sp³-hybridized carbons (Fsp3) is 0.438. The number of nitrogens with zero attached hydrogens (tertiary/aromatic N) is 2. The van der Waals surface area contributed by atoms with E-state index in [0.717, 1.165) is 0 Å². The first-order valence-corrected chi connectivity index (χ1v) is 8.56. The van der Waals surface area contributed by atoms with Crippen LogP contribution < -0.4 is 15.1 Å². The van der Waals surface area contributed by atoms with E-state index in [1.165, 1.54) is 15.3 Å². The van der Waals surface area contributed by atoms with Crippen LogP contribution in [0.2, 0.25) is 0 Å². The number of carbonyl (C=O) groups is 2. The summed E-state index contributed by atoms with van der Waals surface area (Å²) in [5.74, 6) is 0. The van der Waals surface area contributed by atoms with E-state index in [-0.39, 0.29) is 25.9 Å². The van der Waals surface area contributed by atoms with Gasteiger partial charge < -0.3 is 24.6 Å². The molecule has 9 nitrogen and oxygen atoms in total. The molecule has 0 spiro atoms. The van der Waals surface area contributed by atoms with E-state index in [1.807, 2.05) is 0 Å². The molecule has 2 saturated heterocycles. The fourth-order valence-corrected chi connectivity index (χ4v) is 2.94. The van der Waals surface area contributed by atoms with E-state index < -0.39 is 18.4 Å². The van der Waals surface area contributed by atoms with Crippen molar-refractivity contribution in [3.8, 4) is 0 Å². The number of ether oxygens (including phenoxy) is 3. The number of thiocarbonyl (C=S) groups is 1. The molecule has 10 heteroatoms. The van der Waals surface area contributed by atoms with Gasteiger partial charge in [0.15, 0.2) is 12.3 Å². The van der Waals surface area contributed by atoms with Crippen LogP contribution in [0.5, 0.6) is 0 Å². The maximum absolute atomic E-state index is 12.2. The summed E-state index contributed by atoms with van der Waals surface area (Å²) >= 11 is 4.77. The normalized spacial score (nSPS) is 20.7. The summed E-state index contributed by atoms with van der Waals surface area (Å²) in [6.07, 6.45) is -2.12. The second-order valence-electron chi connectivity index (χ2n) is 5.61. The van der Waals surface area contributed by atoms with Crippen molar-refractivity contribution in [3.05, 3.63) is 24.3 Å². The topological polar surface area (TPSA) is 101 Å². The standard InChI is InChI=1S/C16H19N3O6S/c20-6-8-23-14(17-10-26)13-9-19(16(22)25-13)12-3-1-11(2-4-12)18-5-7-24-15(18)21/h1-4,10,13-14,20H,5-9H2,(H,17,26)/t13-,14?/m0/s1. The van der Waals surface area contributed by atoms with Crippen LogP contribution in [0.25, 0.3) is 0 Å². The number of hydrogen-bond acceptors (Lipinski definition) is 7. The second-order valence-corrected chi connectivity index (χ2v) is 5.85. The molecular formula is C16H19N3O6S.